The minimum Gasteiger partial charge on any atom is -0.304 e. The Morgan fingerprint density at radius 3 is 2.33 bits per heavy atom. The standard InChI is InChI=1S/C21H21F3N2O3S/c1-2-3-12-25-30(28,29)16-10-8-15(9-11-16)14-26-19-7-5-4-6-17(19)18(13-20(26)27)21(22,23)24/h4-11,13,25H,2-3,12,14H2,1H3. The van der Waals surface area contributed by atoms with E-state index in [0.717, 1.165) is 12.8 Å². The number of hydrogen-bond donors (Lipinski definition) is 1. The fraction of sp³-hybridized carbons (Fsp3) is 0.286. The molecule has 0 bridgehead atoms. The van der Waals surface area contributed by atoms with Crippen LogP contribution in [0.4, 0.5) is 13.2 Å². The average molecular weight is 438 g/mol. The first-order chi connectivity index (χ1) is 14.1. The van der Waals surface area contributed by atoms with Crippen LogP contribution in [0.5, 0.6) is 0 Å². The van der Waals surface area contributed by atoms with Crippen LogP contribution in [0.25, 0.3) is 10.9 Å². The quantitative estimate of drug-likeness (QED) is 0.564. The molecule has 1 aromatic heterocycles. The molecule has 0 unspecified atom stereocenters. The molecule has 1 heterocycles. The highest BCUT2D eigenvalue weighted by Gasteiger charge is 2.33. The van der Waals surface area contributed by atoms with Gasteiger partial charge in [-0.05, 0) is 30.2 Å². The van der Waals surface area contributed by atoms with Crippen LogP contribution >= 0.6 is 0 Å². The molecule has 0 saturated heterocycles. The van der Waals surface area contributed by atoms with E-state index in [1.54, 1.807) is 18.2 Å². The largest absolute Gasteiger partial charge is 0.417 e. The molecule has 160 valence electrons. The summed E-state index contributed by atoms with van der Waals surface area (Å²) >= 11 is 0. The predicted molar refractivity (Wildman–Crippen MR) is 109 cm³/mol. The lowest BCUT2D eigenvalue weighted by Crippen LogP contribution is -2.25. The van der Waals surface area contributed by atoms with Gasteiger partial charge in [0.25, 0.3) is 5.56 Å². The van der Waals surface area contributed by atoms with Gasteiger partial charge >= 0.3 is 6.18 Å². The van der Waals surface area contributed by atoms with Gasteiger partial charge < -0.3 is 4.57 Å². The van der Waals surface area contributed by atoms with Crippen molar-refractivity contribution < 1.29 is 21.6 Å². The van der Waals surface area contributed by atoms with Crippen molar-refractivity contribution in [1.29, 1.82) is 0 Å². The fourth-order valence-corrected chi connectivity index (χ4v) is 4.23. The number of halogens is 3. The summed E-state index contributed by atoms with van der Waals surface area (Å²) in [6.45, 7) is 2.31. The van der Waals surface area contributed by atoms with Crippen LogP contribution in [0.3, 0.4) is 0 Å². The third-order valence-electron chi connectivity index (χ3n) is 4.72. The second-order valence-electron chi connectivity index (χ2n) is 6.89. The Morgan fingerprint density at radius 2 is 1.70 bits per heavy atom. The van der Waals surface area contributed by atoms with Crippen molar-refractivity contribution in [3.05, 3.63) is 76.1 Å². The summed E-state index contributed by atoms with van der Waals surface area (Å²) < 4.78 is 68.2. The zero-order chi connectivity index (χ0) is 21.9. The van der Waals surface area contributed by atoms with Crippen LogP contribution in [-0.2, 0) is 22.7 Å². The first-order valence-corrected chi connectivity index (χ1v) is 10.9. The molecule has 0 saturated carbocycles. The molecule has 3 aromatic rings. The summed E-state index contributed by atoms with van der Waals surface area (Å²) in [4.78, 5) is 12.5. The maximum Gasteiger partial charge on any atom is 0.417 e. The van der Waals surface area contributed by atoms with E-state index in [-0.39, 0.29) is 22.3 Å². The van der Waals surface area contributed by atoms with Crippen molar-refractivity contribution in [3.8, 4) is 0 Å². The van der Waals surface area contributed by atoms with Crippen molar-refractivity contribution in [2.24, 2.45) is 0 Å². The predicted octanol–water partition coefficient (Wildman–Crippen LogP) is 4.15. The molecule has 0 aliphatic carbocycles. The summed E-state index contributed by atoms with van der Waals surface area (Å²) in [7, 11) is -3.63. The smallest absolute Gasteiger partial charge is 0.304 e. The van der Waals surface area contributed by atoms with Crippen LogP contribution in [0.15, 0.2) is 64.3 Å². The van der Waals surface area contributed by atoms with Gasteiger partial charge in [-0.15, -0.1) is 0 Å². The van der Waals surface area contributed by atoms with Crippen LogP contribution in [0, 0.1) is 0 Å². The zero-order valence-electron chi connectivity index (χ0n) is 16.2. The highest BCUT2D eigenvalue weighted by atomic mass is 32.2. The Labute approximate surface area is 172 Å². The first-order valence-electron chi connectivity index (χ1n) is 9.42. The lowest BCUT2D eigenvalue weighted by Gasteiger charge is -2.15. The molecule has 30 heavy (non-hydrogen) atoms. The summed E-state index contributed by atoms with van der Waals surface area (Å²) in [5.74, 6) is 0. The number of aromatic nitrogens is 1. The van der Waals surface area contributed by atoms with Crippen molar-refractivity contribution >= 4 is 20.9 Å². The van der Waals surface area contributed by atoms with Gasteiger partial charge in [0.05, 0.1) is 22.5 Å². The second-order valence-corrected chi connectivity index (χ2v) is 8.66. The number of fused-ring (bicyclic) bond motifs is 1. The molecule has 9 heteroatoms. The SMILES string of the molecule is CCCCNS(=O)(=O)c1ccc(Cn2c(=O)cc(C(F)(F)F)c3ccccc32)cc1. The monoisotopic (exact) mass is 438 g/mol. The van der Waals surface area contributed by atoms with E-state index in [0.29, 0.717) is 18.2 Å². The number of benzene rings is 2. The van der Waals surface area contributed by atoms with Gasteiger partial charge in [-0.2, -0.15) is 13.2 Å². The van der Waals surface area contributed by atoms with Crippen LogP contribution in [0.2, 0.25) is 0 Å². The minimum atomic E-state index is -4.64. The first kappa shape index (κ1) is 22.0. The van der Waals surface area contributed by atoms with E-state index < -0.39 is 27.3 Å². The van der Waals surface area contributed by atoms with E-state index >= 15 is 0 Å². The minimum absolute atomic E-state index is 0.0150. The molecule has 1 N–H and O–H groups in total. The molecule has 5 nitrogen and oxygen atoms in total. The molecule has 0 fully saturated rings. The number of rotatable bonds is 7. The van der Waals surface area contributed by atoms with E-state index in [1.807, 2.05) is 6.92 Å². The normalized spacial score (nSPS) is 12.4. The van der Waals surface area contributed by atoms with E-state index in [2.05, 4.69) is 4.72 Å². The fourth-order valence-electron chi connectivity index (χ4n) is 3.16. The summed E-state index contributed by atoms with van der Waals surface area (Å²) in [5, 5.41) is -0.0658. The van der Waals surface area contributed by atoms with Crippen molar-refractivity contribution in [2.75, 3.05) is 6.54 Å². The van der Waals surface area contributed by atoms with Crippen molar-refractivity contribution in [3.63, 3.8) is 0 Å². The lowest BCUT2D eigenvalue weighted by molar-refractivity contribution is -0.136. The Hall–Kier alpha value is -2.65. The highest BCUT2D eigenvalue weighted by Crippen LogP contribution is 2.33. The number of alkyl halides is 3. The Bertz CT molecular complexity index is 1200. The average Bonchev–Trinajstić information content (AvgIpc) is 2.69. The zero-order valence-corrected chi connectivity index (χ0v) is 17.1. The third kappa shape index (κ3) is 4.73. The van der Waals surface area contributed by atoms with Gasteiger partial charge in [0.15, 0.2) is 0 Å². The molecule has 0 radical (unpaired) electrons. The molecule has 3 rings (SSSR count). The summed E-state index contributed by atoms with van der Waals surface area (Å²) in [6, 6.07) is 12.4. The third-order valence-corrected chi connectivity index (χ3v) is 6.20. The topological polar surface area (TPSA) is 68.2 Å². The van der Waals surface area contributed by atoms with Crippen molar-refractivity contribution in [2.45, 2.75) is 37.4 Å². The summed E-state index contributed by atoms with van der Waals surface area (Å²) in [5.41, 5.74) is -0.998. The number of sulfonamides is 1. The van der Waals surface area contributed by atoms with Crippen LogP contribution < -0.4 is 10.3 Å². The summed E-state index contributed by atoms with van der Waals surface area (Å²) in [6.07, 6.45) is -3.06. The molecule has 0 spiro atoms. The highest BCUT2D eigenvalue weighted by molar-refractivity contribution is 7.89. The van der Waals surface area contributed by atoms with Gasteiger partial charge in [-0.1, -0.05) is 43.7 Å². The molecule has 0 aliphatic heterocycles. The molecule has 0 aliphatic rings. The van der Waals surface area contributed by atoms with E-state index in [9.17, 15) is 26.4 Å². The Balaban J connectivity index is 1.94. The van der Waals surface area contributed by atoms with E-state index in [4.69, 9.17) is 0 Å². The maximum absolute atomic E-state index is 13.3. The number of hydrogen-bond acceptors (Lipinski definition) is 3. The molecule has 2 aromatic carbocycles. The number of pyridine rings is 1. The van der Waals surface area contributed by atoms with Crippen LogP contribution in [-0.4, -0.2) is 19.5 Å². The van der Waals surface area contributed by atoms with Crippen molar-refractivity contribution in [1.82, 2.24) is 9.29 Å². The Kier molecular flexibility index (Phi) is 6.33. The maximum atomic E-state index is 13.3. The molecule has 0 atom stereocenters. The number of unbranched alkanes of at least 4 members (excludes halogenated alkanes) is 1. The Morgan fingerprint density at radius 1 is 1.03 bits per heavy atom. The molecular formula is C21H21F3N2O3S. The number of nitrogens with zero attached hydrogens (tertiary/aromatic N) is 1. The van der Waals surface area contributed by atoms with Gasteiger partial charge in [0.2, 0.25) is 10.0 Å². The van der Waals surface area contributed by atoms with E-state index in [1.165, 1.54) is 34.9 Å². The second kappa shape index (κ2) is 8.61. The molecular weight excluding hydrogens is 417 g/mol. The number of nitrogens with one attached hydrogen (secondary N) is 1. The van der Waals surface area contributed by atoms with Gasteiger partial charge in [-0.25, -0.2) is 13.1 Å². The lowest BCUT2D eigenvalue weighted by atomic mass is 10.1. The van der Waals surface area contributed by atoms with Gasteiger partial charge in [0, 0.05) is 18.0 Å². The van der Waals surface area contributed by atoms with Gasteiger partial charge in [0.1, 0.15) is 0 Å². The van der Waals surface area contributed by atoms with Gasteiger partial charge in [-0.3, -0.25) is 4.79 Å². The van der Waals surface area contributed by atoms with Crippen LogP contribution in [0.1, 0.15) is 30.9 Å². The molecule has 0 amide bonds. The number of para-hydroxylation sites is 1.